The minimum atomic E-state index is -1.17. The smallest absolute Gasteiger partial charge is 0.337 e. The molecule has 7 nitrogen and oxygen atoms in total. The first-order chi connectivity index (χ1) is 10.5. The predicted molar refractivity (Wildman–Crippen MR) is 74.4 cm³/mol. The van der Waals surface area contributed by atoms with E-state index in [1.54, 1.807) is 24.3 Å². The zero-order chi connectivity index (χ0) is 15.9. The number of rotatable bonds is 4. The highest BCUT2D eigenvalue weighted by molar-refractivity contribution is 6.02. The van der Waals surface area contributed by atoms with Gasteiger partial charge in [-0.05, 0) is 12.1 Å². The van der Waals surface area contributed by atoms with Gasteiger partial charge in [0.05, 0.1) is 29.4 Å². The van der Waals surface area contributed by atoms with E-state index in [0.29, 0.717) is 0 Å². The van der Waals surface area contributed by atoms with Gasteiger partial charge in [0.1, 0.15) is 5.92 Å². The molecule has 2 heterocycles. The van der Waals surface area contributed by atoms with E-state index in [0.717, 1.165) is 0 Å². The van der Waals surface area contributed by atoms with Crippen molar-refractivity contribution < 1.29 is 29.3 Å². The van der Waals surface area contributed by atoms with Gasteiger partial charge in [-0.15, -0.1) is 0 Å². The molecule has 1 aromatic carbocycles. The van der Waals surface area contributed by atoms with Crippen LogP contribution < -0.4 is 5.32 Å². The van der Waals surface area contributed by atoms with Crippen molar-refractivity contribution in [2.75, 3.05) is 5.32 Å². The molecule has 2 aliphatic heterocycles. The van der Waals surface area contributed by atoms with Crippen LogP contribution >= 0.6 is 0 Å². The van der Waals surface area contributed by atoms with E-state index in [9.17, 15) is 19.5 Å². The molecule has 3 rings (SSSR count). The molecule has 2 aliphatic rings. The maximum absolute atomic E-state index is 12.4. The third-order valence-corrected chi connectivity index (χ3v) is 3.90. The second-order valence-electron chi connectivity index (χ2n) is 5.18. The van der Waals surface area contributed by atoms with E-state index in [1.165, 1.54) is 12.1 Å². The van der Waals surface area contributed by atoms with Gasteiger partial charge in [0.2, 0.25) is 5.91 Å². The van der Waals surface area contributed by atoms with Gasteiger partial charge < -0.3 is 20.3 Å². The Hall–Kier alpha value is -2.67. The summed E-state index contributed by atoms with van der Waals surface area (Å²) in [6.07, 6.45) is 2.09. The zero-order valence-electron chi connectivity index (χ0n) is 11.3. The highest BCUT2D eigenvalue weighted by Gasteiger charge is 2.53. The number of carbonyl (C=O) groups excluding carboxylic acids is 1. The van der Waals surface area contributed by atoms with Gasteiger partial charge in [0.15, 0.2) is 0 Å². The Labute approximate surface area is 125 Å². The number of amides is 1. The molecule has 7 heteroatoms. The van der Waals surface area contributed by atoms with E-state index in [4.69, 9.17) is 9.84 Å². The lowest BCUT2D eigenvalue weighted by atomic mass is 9.82. The van der Waals surface area contributed by atoms with Crippen LogP contribution in [0.4, 0.5) is 5.69 Å². The Kier molecular flexibility index (Phi) is 3.42. The van der Waals surface area contributed by atoms with Crippen molar-refractivity contribution in [3.8, 4) is 0 Å². The first kappa shape index (κ1) is 14.3. The molecule has 1 fully saturated rings. The largest absolute Gasteiger partial charge is 0.481 e. The molecule has 0 unspecified atom stereocenters. The predicted octanol–water partition coefficient (Wildman–Crippen LogP) is 0.977. The fourth-order valence-electron chi connectivity index (χ4n) is 2.91. The van der Waals surface area contributed by atoms with Gasteiger partial charge in [-0.3, -0.25) is 9.59 Å². The number of aliphatic carboxylic acids is 1. The van der Waals surface area contributed by atoms with Crippen LogP contribution in [0.1, 0.15) is 10.4 Å². The third kappa shape index (κ3) is 2.25. The summed E-state index contributed by atoms with van der Waals surface area (Å²) in [7, 11) is 0. The number of anilines is 1. The average Bonchev–Trinajstić information content (AvgIpc) is 3.08. The molecule has 1 amide bonds. The summed E-state index contributed by atoms with van der Waals surface area (Å²) >= 11 is 0. The number of hydrogen-bond donors (Lipinski definition) is 3. The first-order valence-corrected chi connectivity index (χ1v) is 6.69. The van der Waals surface area contributed by atoms with Crippen LogP contribution in [0, 0.1) is 11.8 Å². The number of aromatic carboxylic acids is 1. The van der Waals surface area contributed by atoms with Gasteiger partial charge in [0, 0.05) is 0 Å². The summed E-state index contributed by atoms with van der Waals surface area (Å²) < 4.78 is 5.43. The Morgan fingerprint density at radius 2 is 1.64 bits per heavy atom. The van der Waals surface area contributed by atoms with E-state index in [2.05, 4.69) is 5.32 Å². The molecule has 0 aliphatic carbocycles. The van der Waals surface area contributed by atoms with Crippen molar-refractivity contribution in [2.45, 2.75) is 12.2 Å². The molecule has 1 saturated heterocycles. The number of carbonyl (C=O) groups is 3. The number of nitrogens with one attached hydrogen (secondary N) is 1. The average molecular weight is 303 g/mol. The van der Waals surface area contributed by atoms with E-state index in [-0.39, 0.29) is 11.3 Å². The number of hydrogen-bond acceptors (Lipinski definition) is 4. The molecule has 0 saturated carbocycles. The molecule has 22 heavy (non-hydrogen) atoms. The van der Waals surface area contributed by atoms with Gasteiger partial charge in [-0.2, -0.15) is 0 Å². The van der Waals surface area contributed by atoms with Crippen molar-refractivity contribution in [3.05, 3.63) is 42.0 Å². The summed E-state index contributed by atoms with van der Waals surface area (Å²) in [5, 5.41) is 20.9. The molecule has 2 bridgehead atoms. The summed E-state index contributed by atoms with van der Waals surface area (Å²) in [5.41, 5.74) is 0.0817. The van der Waals surface area contributed by atoms with Crippen molar-refractivity contribution in [1.29, 1.82) is 0 Å². The number of fused-ring (bicyclic) bond motifs is 2. The number of carboxylic acids is 2. The number of ether oxygens (including phenoxy) is 1. The molecule has 3 N–H and O–H groups in total. The monoisotopic (exact) mass is 303 g/mol. The Morgan fingerprint density at radius 3 is 2.27 bits per heavy atom. The second kappa shape index (κ2) is 5.27. The normalized spacial score (nSPS) is 28.5. The summed E-state index contributed by atoms with van der Waals surface area (Å²) in [6.45, 7) is 0. The maximum atomic E-state index is 12.4. The fourth-order valence-corrected chi connectivity index (χ4v) is 2.91. The quantitative estimate of drug-likeness (QED) is 0.715. The van der Waals surface area contributed by atoms with Crippen molar-refractivity contribution in [2.24, 2.45) is 11.8 Å². The molecule has 0 radical (unpaired) electrons. The van der Waals surface area contributed by atoms with Gasteiger partial charge >= 0.3 is 11.9 Å². The van der Waals surface area contributed by atoms with Crippen molar-refractivity contribution >= 4 is 23.5 Å². The Morgan fingerprint density at radius 1 is 1.00 bits per heavy atom. The fraction of sp³-hybridized carbons (Fsp3) is 0.267. The topological polar surface area (TPSA) is 113 Å². The summed E-state index contributed by atoms with van der Waals surface area (Å²) in [5.74, 6) is -4.68. The maximum Gasteiger partial charge on any atom is 0.337 e. The minimum Gasteiger partial charge on any atom is -0.481 e. The Bertz CT molecular complexity index is 682. The zero-order valence-corrected chi connectivity index (χ0v) is 11.3. The lowest BCUT2D eigenvalue weighted by Gasteiger charge is -2.21. The van der Waals surface area contributed by atoms with Crippen LogP contribution in [-0.2, 0) is 14.3 Å². The van der Waals surface area contributed by atoms with Crippen LogP contribution in [0.5, 0.6) is 0 Å². The summed E-state index contributed by atoms with van der Waals surface area (Å²) in [4.78, 5) is 34.9. The number of carboxylic acid groups (broad SMARTS) is 2. The standard InChI is InChI=1S/C15H13NO6/c17-13(16-8-4-2-1-3-7(8)14(18)19)11-9-5-6-10(22-9)12(11)15(20)21/h1-6,9-12H,(H,16,17)(H,18,19)(H,20,21)/t9-,10-,11-,12-/m0/s1. The second-order valence-corrected chi connectivity index (χ2v) is 5.18. The van der Waals surface area contributed by atoms with Crippen molar-refractivity contribution in [1.82, 2.24) is 0 Å². The van der Waals surface area contributed by atoms with Crippen molar-refractivity contribution in [3.63, 3.8) is 0 Å². The van der Waals surface area contributed by atoms with Crippen LogP contribution in [-0.4, -0.2) is 40.3 Å². The third-order valence-electron chi connectivity index (χ3n) is 3.90. The molecular weight excluding hydrogens is 290 g/mol. The van der Waals surface area contributed by atoms with Gasteiger partial charge in [-0.1, -0.05) is 24.3 Å². The van der Waals surface area contributed by atoms with Crippen LogP contribution in [0.15, 0.2) is 36.4 Å². The van der Waals surface area contributed by atoms with E-state index >= 15 is 0 Å². The first-order valence-electron chi connectivity index (χ1n) is 6.69. The van der Waals surface area contributed by atoms with E-state index in [1.807, 2.05) is 0 Å². The molecular formula is C15H13NO6. The SMILES string of the molecule is O=C(O)c1ccccc1NC(=O)[C@@H]1[C@@H](C(=O)O)[C@@H]2C=C[C@@H]1O2. The van der Waals surface area contributed by atoms with Crippen LogP contribution in [0.25, 0.3) is 0 Å². The molecule has 4 atom stereocenters. The number of para-hydroxylation sites is 1. The van der Waals surface area contributed by atoms with Crippen LogP contribution in [0.2, 0.25) is 0 Å². The minimum absolute atomic E-state index is 0.0534. The Balaban J connectivity index is 1.85. The molecule has 114 valence electrons. The molecule has 1 aromatic rings. The summed E-state index contributed by atoms with van der Waals surface area (Å²) in [6, 6.07) is 5.96. The van der Waals surface area contributed by atoms with Crippen LogP contribution in [0.3, 0.4) is 0 Å². The van der Waals surface area contributed by atoms with Gasteiger partial charge in [0.25, 0.3) is 0 Å². The molecule has 0 aromatic heterocycles. The number of benzene rings is 1. The van der Waals surface area contributed by atoms with Gasteiger partial charge in [-0.25, -0.2) is 4.79 Å². The lowest BCUT2D eigenvalue weighted by Crippen LogP contribution is -2.39. The highest BCUT2D eigenvalue weighted by Crippen LogP contribution is 2.40. The lowest BCUT2D eigenvalue weighted by molar-refractivity contribution is -0.145. The molecule has 0 spiro atoms. The van der Waals surface area contributed by atoms with E-state index < -0.39 is 41.9 Å². The highest BCUT2D eigenvalue weighted by atomic mass is 16.5.